The summed E-state index contributed by atoms with van der Waals surface area (Å²) >= 11 is 0. The first-order chi connectivity index (χ1) is 8.01. The van der Waals surface area contributed by atoms with Crippen molar-refractivity contribution in [2.45, 2.75) is 45.7 Å². The fraction of sp³-hybridized carbons (Fsp3) is 0.833. The molecule has 1 fully saturated rings. The molecule has 2 amide bonds. The summed E-state index contributed by atoms with van der Waals surface area (Å²) in [7, 11) is 0. The Morgan fingerprint density at radius 3 is 2.53 bits per heavy atom. The van der Waals surface area contributed by atoms with Gasteiger partial charge in [-0.3, -0.25) is 9.59 Å². The number of amides is 2. The van der Waals surface area contributed by atoms with Gasteiger partial charge in [-0.2, -0.15) is 0 Å². The average molecular weight is 244 g/mol. The van der Waals surface area contributed by atoms with Crippen LogP contribution in [0.3, 0.4) is 0 Å². The number of carbonyl (C=O) groups excluding carboxylic acids is 2. The molecular weight excluding hydrogens is 223 g/mol. The zero-order valence-corrected chi connectivity index (χ0v) is 10.7. The summed E-state index contributed by atoms with van der Waals surface area (Å²) in [5, 5.41) is 2.73. The Balaban J connectivity index is 2.81. The molecular formula is C12H21FN2O2. The van der Waals surface area contributed by atoms with E-state index in [9.17, 15) is 14.0 Å². The molecule has 17 heavy (non-hydrogen) atoms. The first-order valence-electron chi connectivity index (χ1n) is 6.18. The number of nitrogens with zero attached hydrogens (tertiary/aromatic N) is 1. The first-order valence-corrected chi connectivity index (χ1v) is 6.18. The summed E-state index contributed by atoms with van der Waals surface area (Å²) in [6, 6.07) is -1.00. The van der Waals surface area contributed by atoms with E-state index in [2.05, 4.69) is 5.32 Å². The second-order valence-corrected chi connectivity index (χ2v) is 4.84. The lowest BCUT2D eigenvalue weighted by atomic mass is 9.98. The third kappa shape index (κ3) is 3.17. The number of hydrogen-bond donors (Lipinski definition) is 1. The highest BCUT2D eigenvalue weighted by atomic mass is 19.1. The van der Waals surface area contributed by atoms with Crippen LogP contribution in [0.5, 0.6) is 0 Å². The molecule has 0 spiro atoms. The Hall–Kier alpha value is -1.13. The van der Waals surface area contributed by atoms with Gasteiger partial charge in [-0.15, -0.1) is 0 Å². The van der Waals surface area contributed by atoms with Crippen molar-refractivity contribution in [1.29, 1.82) is 0 Å². The molecule has 4 nitrogen and oxygen atoms in total. The Morgan fingerprint density at radius 1 is 1.41 bits per heavy atom. The maximum atomic E-state index is 12.5. The fourth-order valence-corrected chi connectivity index (χ4v) is 2.22. The van der Waals surface area contributed by atoms with Crippen LogP contribution in [0.2, 0.25) is 0 Å². The molecule has 0 aromatic heterocycles. The highest BCUT2D eigenvalue weighted by Crippen LogP contribution is 2.17. The average Bonchev–Trinajstić information content (AvgIpc) is 2.25. The molecule has 98 valence electrons. The quantitative estimate of drug-likeness (QED) is 0.787. The molecule has 0 bridgehead atoms. The first kappa shape index (κ1) is 13.9. The smallest absolute Gasteiger partial charge is 0.245 e. The number of nitrogens with one attached hydrogen (secondary N) is 1. The van der Waals surface area contributed by atoms with Crippen LogP contribution >= 0.6 is 0 Å². The molecule has 0 aromatic carbocycles. The van der Waals surface area contributed by atoms with Crippen molar-refractivity contribution in [2.24, 2.45) is 5.92 Å². The second-order valence-electron chi connectivity index (χ2n) is 4.84. The molecule has 1 aliphatic heterocycles. The Morgan fingerprint density at radius 2 is 2.06 bits per heavy atom. The highest BCUT2D eigenvalue weighted by molar-refractivity contribution is 5.96. The normalized spacial score (nSPS) is 25.4. The predicted molar refractivity (Wildman–Crippen MR) is 63.2 cm³/mol. The fourth-order valence-electron chi connectivity index (χ4n) is 2.22. The zero-order valence-electron chi connectivity index (χ0n) is 10.7. The summed E-state index contributed by atoms with van der Waals surface area (Å²) in [5.74, 6) is 0.00338. The summed E-state index contributed by atoms with van der Waals surface area (Å²) in [4.78, 5) is 25.3. The maximum Gasteiger partial charge on any atom is 0.245 e. The van der Waals surface area contributed by atoms with Crippen molar-refractivity contribution < 1.29 is 14.0 Å². The molecule has 1 N–H and O–H groups in total. The zero-order chi connectivity index (χ0) is 13.0. The van der Waals surface area contributed by atoms with Crippen LogP contribution in [-0.4, -0.2) is 42.0 Å². The minimum absolute atomic E-state index is 0.0132. The van der Waals surface area contributed by atoms with E-state index in [1.165, 1.54) is 4.90 Å². The van der Waals surface area contributed by atoms with E-state index in [-0.39, 0.29) is 18.4 Å². The van der Waals surface area contributed by atoms with Crippen LogP contribution in [0.25, 0.3) is 0 Å². The van der Waals surface area contributed by atoms with E-state index in [1.807, 2.05) is 20.8 Å². The van der Waals surface area contributed by atoms with E-state index < -0.39 is 18.8 Å². The Kier molecular flexibility index (Phi) is 4.90. The monoisotopic (exact) mass is 244 g/mol. The molecule has 0 aliphatic carbocycles. The van der Waals surface area contributed by atoms with E-state index in [0.29, 0.717) is 18.8 Å². The summed E-state index contributed by atoms with van der Waals surface area (Å²) < 4.78 is 12.5. The van der Waals surface area contributed by atoms with E-state index in [0.717, 1.165) is 0 Å². The van der Waals surface area contributed by atoms with Crippen LogP contribution in [0.4, 0.5) is 4.39 Å². The summed E-state index contributed by atoms with van der Waals surface area (Å²) in [6.07, 6.45) is 1.12. The van der Waals surface area contributed by atoms with Crippen LogP contribution in [-0.2, 0) is 9.59 Å². The van der Waals surface area contributed by atoms with Gasteiger partial charge < -0.3 is 10.2 Å². The number of rotatable bonds is 5. The van der Waals surface area contributed by atoms with Gasteiger partial charge >= 0.3 is 0 Å². The molecule has 5 heteroatoms. The van der Waals surface area contributed by atoms with Crippen LogP contribution in [0.15, 0.2) is 0 Å². The van der Waals surface area contributed by atoms with Gasteiger partial charge in [0.15, 0.2) is 0 Å². The molecule has 0 aromatic rings. The SMILES string of the molecule is CCC1C(=O)NC(CC(C)C)C(=O)N1CCF. The summed E-state index contributed by atoms with van der Waals surface area (Å²) in [6.45, 7) is 5.21. The topological polar surface area (TPSA) is 49.4 Å². The van der Waals surface area contributed by atoms with Crippen molar-refractivity contribution in [2.75, 3.05) is 13.2 Å². The minimum Gasteiger partial charge on any atom is -0.342 e. The lowest BCUT2D eigenvalue weighted by Crippen LogP contribution is -2.63. The standard InChI is InChI=1S/C12H21FN2O2/c1-4-10-11(16)14-9(7-8(2)3)12(17)15(10)6-5-13/h8-10H,4-7H2,1-3H3,(H,14,16). The van der Waals surface area contributed by atoms with Crippen molar-refractivity contribution in [3.63, 3.8) is 0 Å². The maximum absolute atomic E-state index is 12.5. The van der Waals surface area contributed by atoms with E-state index >= 15 is 0 Å². The van der Waals surface area contributed by atoms with Crippen LogP contribution in [0.1, 0.15) is 33.6 Å². The lowest BCUT2D eigenvalue weighted by Gasteiger charge is -2.38. The van der Waals surface area contributed by atoms with Gasteiger partial charge in [-0.05, 0) is 18.8 Å². The molecule has 1 aliphatic rings. The second kappa shape index (κ2) is 5.98. The molecule has 1 heterocycles. The predicted octanol–water partition coefficient (Wildman–Crippen LogP) is 1.11. The molecule has 0 saturated carbocycles. The number of carbonyl (C=O) groups is 2. The summed E-state index contributed by atoms with van der Waals surface area (Å²) in [5.41, 5.74) is 0. The lowest BCUT2D eigenvalue weighted by molar-refractivity contribution is -0.150. The van der Waals surface area contributed by atoms with Gasteiger partial charge in [-0.25, -0.2) is 4.39 Å². The van der Waals surface area contributed by atoms with Gasteiger partial charge in [0.25, 0.3) is 0 Å². The van der Waals surface area contributed by atoms with Gasteiger partial charge in [0.05, 0.1) is 0 Å². The minimum atomic E-state index is -0.607. The van der Waals surface area contributed by atoms with Gasteiger partial charge in [0.1, 0.15) is 18.8 Å². The Bertz CT molecular complexity index is 294. The molecule has 1 saturated heterocycles. The number of hydrogen-bond acceptors (Lipinski definition) is 2. The van der Waals surface area contributed by atoms with Gasteiger partial charge in [-0.1, -0.05) is 20.8 Å². The number of halogens is 1. The third-order valence-corrected chi connectivity index (χ3v) is 3.00. The van der Waals surface area contributed by atoms with Crippen molar-refractivity contribution in [1.82, 2.24) is 10.2 Å². The Labute approximate surface area is 102 Å². The largest absolute Gasteiger partial charge is 0.342 e. The van der Waals surface area contributed by atoms with Crippen molar-refractivity contribution in [3.05, 3.63) is 0 Å². The van der Waals surface area contributed by atoms with Crippen molar-refractivity contribution in [3.8, 4) is 0 Å². The van der Waals surface area contributed by atoms with Crippen LogP contribution < -0.4 is 5.32 Å². The number of piperazine rings is 1. The molecule has 2 unspecified atom stereocenters. The van der Waals surface area contributed by atoms with E-state index in [4.69, 9.17) is 0 Å². The van der Waals surface area contributed by atoms with Gasteiger partial charge in [0, 0.05) is 6.54 Å². The molecule has 0 radical (unpaired) electrons. The number of alkyl halides is 1. The highest BCUT2D eigenvalue weighted by Gasteiger charge is 2.39. The molecule has 1 rings (SSSR count). The van der Waals surface area contributed by atoms with Crippen LogP contribution in [0, 0.1) is 5.92 Å². The van der Waals surface area contributed by atoms with E-state index in [1.54, 1.807) is 0 Å². The third-order valence-electron chi connectivity index (χ3n) is 3.00. The molecule has 2 atom stereocenters. The van der Waals surface area contributed by atoms with Crippen molar-refractivity contribution >= 4 is 11.8 Å². The van der Waals surface area contributed by atoms with Gasteiger partial charge in [0.2, 0.25) is 11.8 Å².